The predicted octanol–water partition coefficient (Wildman–Crippen LogP) is 0.701. The summed E-state index contributed by atoms with van der Waals surface area (Å²) >= 11 is 0. The molecule has 0 unspecified atom stereocenters. The number of anilines is 1. The molecule has 88 valence electrons. The third-order valence-electron chi connectivity index (χ3n) is 2.06. The van der Waals surface area contributed by atoms with Gasteiger partial charge in [-0.15, -0.1) is 0 Å². The summed E-state index contributed by atoms with van der Waals surface area (Å²) in [5.41, 5.74) is 4.18. The van der Waals surface area contributed by atoms with Crippen LogP contribution in [0.25, 0.3) is 11.0 Å². The molecule has 0 fully saturated rings. The quantitative estimate of drug-likeness (QED) is 0.630. The van der Waals surface area contributed by atoms with Crippen LogP contribution >= 0.6 is 0 Å². The maximum absolute atomic E-state index is 13.1. The maximum Gasteiger partial charge on any atom is 0.511 e. The fraction of sp³-hybridized carbons (Fsp3) is 0. The molecule has 2 aromatic rings. The van der Waals surface area contributed by atoms with Crippen LogP contribution in [0.4, 0.5) is 14.9 Å². The van der Waals surface area contributed by atoms with Crippen LogP contribution in [-0.2, 0) is 0 Å². The lowest BCUT2D eigenvalue weighted by Gasteiger charge is -2.04. The Kier molecular flexibility index (Phi) is 2.39. The van der Waals surface area contributed by atoms with Crippen LogP contribution in [-0.4, -0.2) is 21.2 Å². The lowest BCUT2D eigenvalue weighted by atomic mass is 10.2. The van der Waals surface area contributed by atoms with Crippen LogP contribution < -0.4 is 15.9 Å². The number of pyridine rings is 2. The van der Waals surface area contributed by atoms with Crippen molar-refractivity contribution < 1.29 is 19.0 Å². The molecule has 17 heavy (non-hydrogen) atoms. The molecule has 0 amide bonds. The smallest absolute Gasteiger partial charge is 0.449 e. The predicted molar refractivity (Wildman–Crippen MR) is 55.4 cm³/mol. The van der Waals surface area contributed by atoms with Gasteiger partial charge in [0.2, 0.25) is 5.43 Å². The summed E-state index contributed by atoms with van der Waals surface area (Å²) < 4.78 is 17.3. The van der Waals surface area contributed by atoms with E-state index in [0.29, 0.717) is 0 Å². The Morgan fingerprint density at radius 1 is 1.59 bits per heavy atom. The second-order valence-electron chi connectivity index (χ2n) is 3.09. The standard InChI is InChI=1S/C9H6FN3O4/c10-3-1-12-8-5(6(3)11)7(14)4(2-13-8)17-9(15)16/h1-2H,(H,15,16)(H3,11,12,13,14). The van der Waals surface area contributed by atoms with Crippen LogP contribution in [0.2, 0.25) is 0 Å². The minimum atomic E-state index is -1.65. The Hall–Kier alpha value is -2.64. The second-order valence-corrected chi connectivity index (χ2v) is 3.09. The van der Waals surface area contributed by atoms with E-state index in [0.717, 1.165) is 12.4 Å². The van der Waals surface area contributed by atoms with Crippen molar-refractivity contribution in [3.8, 4) is 5.75 Å². The molecule has 2 aromatic heterocycles. The summed E-state index contributed by atoms with van der Waals surface area (Å²) in [7, 11) is 0. The highest BCUT2D eigenvalue weighted by Crippen LogP contribution is 2.19. The molecule has 2 heterocycles. The number of nitrogens with two attached hydrogens (primary N) is 1. The lowest BCUT2D eigenvalue weighted by molar-refractivity contribution is 0.144. The zero-order valence-electron chi connectivity index (χ0n) is 8.23. The molecule has 0 atom stereocenters. The van der Waals surface area contributed by atoms with Crippen molar-refractivity contribution in [1.82, 2.24) is 9.97 Å². The summed E-state index contributed by atoms with van der Waals surface area (Å²) in [5.74, 6) is -1.36. The van der Waals surface area contributed by atoms with Gasteiger partial charge in [0.25, 0.3) is 0 Å². The Balaban J connectivity index is 2.78. The van der Waals surface area contributed by atoms with E-state index in [2.05, 4.69) is 14.7 Å². The molecule has 0 aliphatic heterocycles. The van der Waals surface area contributed by atoms with Crippen LogP contribution in [0.1, 0.15) is 0 Å². The number of carbonyl (C=O) groups is 1. The normalized spacial score (nSPS) is 10.4. The number of hydrogen-bond acceptors (Lipinski definition) is 5. The van der Waals surface area contributed by atoms with Gasteiger partial charge < -0.3 is 20.6 Å². The largest absolute Gasteiger partial charge is 0.511 e. The van der Waals surface area contributed by atoms with Gasteiger partial charge in [-0.05, 0) is 0 Å². The summed E-state index contributed by atoms with van der Waals surface area (Å²) in [6.07, 6.45) is 0.215. The summed E-state index contributed by atoms with van der Waals surface area (Å²) in [5, 5.41) is 8.14. The SMILES string of the molecule is Nc1c(F)cnc2[nH]cc(OC(=O)O)c(=O)c12. The van der Waals surface area contributed by atoms with E-state index in [-0.39, 0.29) is 11.0 Å². The molecule has 4 N–H and O–H groups in total. The second kappa shape index (κ2) is 3.74. The third-order valence-corrected chi connectivity index (χ3v) is 2.06. The van der Waals surface area contributed by atoms with Crippen LogP contribution in [0, 0.1) is 5.82 Å². The van der Waals surface area contributed by atoms with E-state index < -0.39 is 28.8 Å². The van der Waals surface area contributed by atoms with Crippen molar-refractivity contribution in [3.63, 3.8) is 0 Å². The zero-order valence-corrected chi connectivity index (χ0v) is 8.23. The highest BCUT2D eigenvalue weighted by molar-refractivity contribution is 5.88. The Morgan fingerprint density at radius 3 is 2.94 bits per heavy atom. The van der Waals surface area contributed by atoms with Crippen LogP contribution in [0.15, 0.2) is 17.2 Å². The van der Waals surface area contributed by atoms with E-state index >= 15 is 0 Å². The number of aromatic nitrogens is 2. The Morgan fingerprint density at radius 2 is 2.29 bits per heavy atom. The molecule has 0 spiro atoms. The number of halogens is 1. The van der Waals surface area contributed by atoms with Crippen molar-refractivity contribution >= 4 is 22.9 Å². The van der Waals surface area contributed by atoms with Crippen molar-refractivity contribution in [2.45, 2.75) is 0 Å². The average Bonchev–Trinajstić information content (AvgIpc) is 2.26. The van der Waals surface area contributed by atoms with Gasteiger partial charge in [0, 0.05) is 6.20 Å². The molecule has 7 nitrogen and oxygen atoms in total. The number of ether oxygens (including phenoxy) is 1. The lowest BCUT2D eigenvalue weighted by Crippen LogP contribution is -2.15. The number of fused-ring (bicyclic) bond motifs is 1. The van der Waals surface area contributed by atoms with Gasteiger partial charge in [-0.1, -0.05) is 0 Å². The summed E-state index contributed by atoms with van der Waals surface area (Å²) in [6, 6.07) is 0. The molecular formula is C9H6FN3O4. The van der Waals surface area contributed by atoms with Gasteiger partial charge in [0.15, 0.2) is 11.6 Å². The summed E-state index contributed by atoms with van der Waals surface area (Å²) in [6.45, 7) is 0. The van der Waals surface area contributed by atoms with E-state index in [1.54, 1.807) is 0 Å². The number of nitrogens with one attached hydrogen (secondary N) is 1. The average molecular weight is 239 g/mol. The number of carboxylic acid groups (broad SMARTS) is 1. The minimum absolute atomic E-state index is 0.0478. The van der Waals surface area contributed by atoms with Gasteiger partial charge in [0.1, 0.15) is 5.65 Å². The number of nitrogen functional groups attached to an aromatic ring is 1. The number of H-pyrrole nitrogens is 1. The minimum Gasteiger partial charge on any atom is -0.449 e. The molecule has 0 aliphatic rings. The summed E-state index contributed by atoms with van der Waals surface area (Å²) in [4.78, 5) is 28.2. The monoisotopic (exact) mass is 239 g/mol. The molecule has 0 saturated heterocycles. The zero-order chi connectivity index (χ0) is 12.6. The van der Waals surface area contributed by atoms with Crippen molar-refractivity contribution in [3.05, 3.63) is 28.4 Å². The maximum atomic E-state index is 13.1. The van der Waals surface area contributed by atoms with E-state index in [1.807, 2.05) is 0 Å². The Bertz CT molecular complexity index is 667. The number of aromatic amines is 1. The van der Waals surface area contributed by atoms with E-state index in [1.165, 1.54) is 0 Å². The van der Waals surface area contributed by atoms with Gasteiger partial charge in [-0.3, -0.25) is 4.79 Å². The molecule has 0 saturated carbocycles. The molecule has 0 aromatic carbocycles. The van der Waals surface area contributed by atoms with Crippen LogP contribution in [0.5, 0.6) is 5.75 Å². The number of rotatable bonds is 1. The van der Waals surface area contributed by atoms with Crippen molar-refractivity contribution in [1.29, 1.82) is 0 Å². The molecular weight excluding hydrogens is 233 g/mol. The number of hydrogen-bond donors (Lipinski definition) is 3. The highest BCUT2D eigenvalue weighted by Gasteiger charge is 2.14. The van der Waals surface area contributed by atoms with E-state index in [4.69, 9.17) is 10.8 Å². The molecule has 0 aliphatic carbocycles. The Labute approximate surface area is 92.7 Å². The fourth-order valence-electron chi connectivity index (χ4n) is 1.33. The fourth-order valence-corrected chi connectivity index (χ4v) is 1.33. The molecule has 0 radical (unpaired) electrons. The first-order valence-electron chi connectivity index (χ1n) is 4.37. The first-order chi connectivity index (χ1) is 8.00. The number of nitrogens with zero attached hydrogens (tertiary/aromatic N) is 1. The molecule has 8 heteroatoms. The van der Waals surface area contributed by atoms with E-state index in [9.17, 15) is 14.0 Å². The van der Waals surface area contributed by atoms with Gasteiger partial charge in [0.05, 0.1) is 17.3 Å². The third kappa shape index (κ3) is 1.75. The molecule has 0 bridgehead atoms. The first-order valence-corrected chi connectivity index (χ1v) is 4.37. The van der Waals surface area contributed by atoms with Crippen LogP contribution in [0.3, 0.4) is 0 Å². The first kappa shape index (κ1) is 10.9. The molecule has 2 rings (SSSR count). The van der Waals surface area contributed by atoms with Crippen molar-refractivity contribution in [2.75, 3.05) is 5.73 Å². The van der Waals surface area contributed by atoms with Gasteiger partial charge >= 0.3 is 6.16 Å². The highest BCUT2D eigenvalue weighted by atomic mass is 19.1. The van der Waals surface area contributed by atoms with Crippen molar-refractivity contribution in [2.24, 2.45) is 0 Å². The van der Waals surface area contributed by atoms with Gasteiger partial charge in [-0.25, -0.2) is 14.2 Å². The topological polar surface area (TPSA) is 118 Å². The van der Waals surface area contributed by atoms with Gasteiger partial charge in [-0.2, -0.15) is 0 Å².